The minimum absolute atomic E-state index is 0.799. The van der Waals surface area contributed by atoms with E-state index in [0.717, 1.165) is 38.8 Å². The van der Waals surface area contributed by atoms with Gasteiger partial charge in [-0.25, -0.2) is 0 Å². The maximum Gasteiger partial charge on any atom is -0.00773 e. The number of allylic oxidation sites excluding steroid dienone is 2. The van der Waals surface area contributed by atoms with E-state index in [1.807, 2.05) is 0 Å². The van der Waals surface area contributed by atoms with Crippen molar-refractivity contribution >= 4 is 11.8 Å². The lowest BCUT2D eigenvalue weighted by atomic mass is 10.2. The van der Waals surface area contributed by atoms with Gasteiger partial charge in [-0.3, -0.25) is 0 Å². The molecule has 0 fully saturated rings. The van der Waals surface area contributed by atoms with Gasteiger partial charge < -0.3 is 11.5 Å². The molecule has 0 atom stereocenters. The van der Waals surface area contributed by atoms with Crippen LogP contribution in [0.25, 0.3) is 0 Å². The Bertz CT molecular complexity index is 192. The van der Waals surface area contributed by atoms with E-state index < -0.39 is 0 Å². The highest BCUT2D eigenvalue weighted by Crippen LogP contribution is 2.29. The lowest BCUT2D eigenvalue weighted by Crippen LogP contribution is -1.97. The third-order valence-corrected chi connectivity index (χ3v) is 3.59. The Morgan fingerprint density at radius 1 is 0.706 bits per heavy atom. The highest BCUT2D eigenvalue weighted by atomic mass is 32.2. The van der Waals surface area contributed by atoms with Gasteiger partial charge in [-0.05, 0) is 61.4 Å². The van der Waals surface area contributed by atoms with E-state index in [4.69, 9.17) is 11.5 Å². The maximum atomic E-state index is 5.45. The van der Waals surface area contributed by atoms with Crippen molar-refractivity contribution in [3.63, 3.8) is 0 Å². The maximum absolute atomic E-state index is 5.45. The molecule has 0 aliphatic carbocycles. The summed E-state index contributed by atoms with van der Waals surface area (Å²) in [6.45, 7) is 9.77. The Morgan fingerprint density at radius 2 is 1.12 bits per heavy atom. The topological polar surface area (TPSA) is 52.0 Å². The van der Waals surface area contributed by atoms with Gasteiger partial charge in [0, 0.05) is 0 Å². The van der Waals surface area contributed by atoms with Crippen LogP contribution < -0.4 is 11.5 Å². The summed E-state index contributed by atoms with van der Waals surface area (Å²) < 4.78 is 0. The molecular formula is C14H28N2S. The van der Waals surface area contributed by atoms with Crippen molar-refractivity contribution < 1.29 is 0 Å². The molecule has 0 aromatic rings. The molecule has 0 saturated carbocycles. The van der Waals surface area contributed by atoms with E-state index >= 15 is 0 Å². The molecule has 17 heavy (non-hydrogen) atoms. The molecule has 100 valence electrons. The van der Waals surface area contributed by atoms with E-state index in [-0.39, 0.29) is 0 Å². The van der Waals surface area contributed by atoms with Gasteiger partial charge in [-0.2, -0.15) is 0 Å². The molecule has 0 aromatic carbocycles. The fourth-order valence-corrected chi connectivity index (χ4v) is 2.49. The van der Waals surface area contributed by atoms with Crippen LogP contribution in [0.15, 0.2) is 23.0 Å². The van der Waals surface area contributed by atoms with Crippen LogP contribution in [0.4, 0.5) is 0 Å². The minimum Gasteiger partial charge on any atom is -0.330 e. The first-order valence-corrected chi connectivity index (χ1v) is 7.46. The first kappa shape index (κ1) is 16.8. The zero-order chi connectivity index (χ0) is 12.9. The fraction of sp³-hybridized carbons (Fsp3) is 0.714. The summed E-state index contributed by atoms with van der Waals surface area (Å²) >= 11 is 1.76. The smallest absolute Gasteiger partial charge is 0.00773 e. The fourth-order valence-electron chi connectivity index (χ4n) is 1.59. The SMILES string of the molecule is C=C(CCCCCN)SC(=C)CCCCCN. The van der Waals surface area contributed by atoms with Gasteiger partial charge in [0.2, 0.25) is 0 Å². The molecule has 0 rings (SSSR count). The molecule has 0 heterocycles. The monoisotopic (exact) mass is 256 g/mol. The van der Waals surface area contributed by atoms with E-state index in [1.54, 1.807) is 11.8 Å². The molecule has 0 radical (unpaired) electrons. The van der Waals surface area contributed by atoms with Crippen molar-refractivity contribution in [1.82, 2.24) is 0 Å². The van der Waals surface area contributed by atoms with E-state index in [0.29, 0.717) is 0 Å². The lowest BCUT2D eigenvalue weighted by Gasteiger charge is -2.08. The Labute approximate surface area is 111 Å². The third kappa shape index (κ3) is 12.0. The molecule has 0 unspecified atom stereocenters. The number of rotatable bonds is 12. The van der Waals surface area contributed by atoms with Crippen molar-refractivity contribution in [2.24, 2.45) is 11.5 Å². The molecule has 0 aromatic heterocycles. The highest BCUT2D eigenvalue weighted by Gasteiger charge is 2.00. The van der Waals surface area contributed by atoms with Crippen molar-refractivity contribution in [3.8, 4) is 0 Å². The lowest BCUT2D eigenvalue weighted by molar-refractivity contribution is 0.691. The summed E-state index contributed by atoms with van der Waals surface area (Å²) in [7, 11) is 0. The van der Waals surface area contributed by atoms with Gasteiger partial charge in [0.05, 0.1) is 0 Å². The standard InChI is InChI=1S/C14H28N2S/c1-13(9-5-3-7-11-15)17-14(2)10-6-4-8-12-16/h1-12,15-16H2. The van der Waals surface area contributed by atoms with Crippen LogP contribution in [0.3, 0.4) is 0 Å². The summed E-state index contributed by atoms with van der Waals surface area (Å²) in [6.07, 6.45) is 9.24. The van der Waals surface area contributed by atoms with Crippen LogP contribution in [-0.4, -0.2) is 13.1 Å². The van der Waals surface area contributed by atoms with Gasteiger partial charge in [0.15, 0.2) is 0 Å². The Kier molecular flexibility index (Phi) is 12.0. The summed E-state index contributed by atoms with van der Waals surface area (Å²) in [5.74, 6) is 0. The predicted octanol–water partition coefficient (Wildman–Crippen LogP) is 3.79. The van der Waals surface area contributed by atoms with Crippen molar-refractivity contribution in [2.75, 3.05) is 13.1 Å². The Hall–Kier alpha value is -0.250. The van der Waals surface area contributed by atoms with Crippen LogP contribution in [0, 0.1) is 0 Å². The first-order valence-electron chi connectivity index (χ1n) is 6.64. The number of nitrogens with two attached hydrogens (primary N) is 2. The van der Waals surface area contributed by atoms with Gasteiger partial charge in [-0.1, -0.05) is 26.0 Å². The normalized spacial score (nSPS) is 10.5. The molecule has 4 N–H and O–H groups in total. The molecule has 0 spiro atoms. The molecule has 0 aliphatic heterocycles. The van der Waals surface area contributed by atoms with Gasteiger partial charge in [0.25, 0.3) is 0 Å². The van der Waals surface area contributed by atoms with Crippen LogP contribution >= 0.6 is 11.8 Å². The van der Waals surface area contributed by atoms with Crippen LogP contribution in [0.2, 0.25) is 0 Å². The number of hydrogen-bond acceptors (Lipinski definition) is 3. The largest absolute Gasteiger partial charge is 0.330 e. The number of hydrogen-bond donors (Lipinski definition) is 2. The molecule has 2 nitrogen and oxygen atoms in total. The summed E-state index contributed by atoms with van der Waals surface area (Å²) in [5, 5.41) is 0. The zero-order valence-corrected chi connectivity index (χ0v) is 11.9. The van der Waals surface area contributed by atoms with Crippen molar-refractivity contribution in [2.45, 2.75) is 51.4 Å². The molecule has 0 saturated heterocycles. The number of unbranched alkanes of at least 4 members (excludes halogenated alkanes) is 4. The average Bonchev–Trinajstić information content (AvgIpc) is 2.30. The second-order valence-electron chi connectivity index (χ2n) is 4.38. The van der Waals surface area contributed by atoms with Crippen LogP contribution in [0.5, 0.6) is 0 Å². The van der Waals surface area contributed by atoms with E-state index in [1.165, 1.54) is 35.5 Å². The van der Waals surface area contributed by atoms with Gasteiger partial charge in [-0.15, -0.1) is 11.8 Å². The minimum atomic E-state index is 0.799. The van der Waals surface area contributed by atoms with Gasteiger partial charge in [0.1, 0.15) is 0 Å². The quantitative estimate of drug-likeness (QED) is 0.522. The molecule has 0 amide bonds. The average molecular weight is 256 g/mol. The molecule has 0 bridgehead atoms. The van der Waals surface area contributed by atoms with Crippen LogP contribution in [-0.2, 0) is 0 Å². The highest BCUT2D eigenvalue weighted by molar-refractivity contribution is 8.06. The summed E-state index contributed by atoms with van der Waals surface area (Å²) in [5.41, 5.74) is 10.9. The second-order valence-corrected chi connectivity index (χ2v) is 5.74. The van der Waals surface area contributed by atoms with Gasteiger partial charge >= 0.3 is 0 Å². The van der Waals surface area contributed by atoms with E-state index in [2.05, 4.69) is 13.2 Å². The third-order valence-electron chi connectivity index (χ3n) is 2.61. The Balaban J connectivity index is 3.42. The zero-order valence-electron chi connectivity index (χ0n) is 11.0. The van der Waals surface area contributed by atoms with Crippen LogP contribution in [0.1, 0.15) is 51.4 Å². The molecular weight excluding hydrogens is 228 g/mol. The predicted molar refractivity (Wildman–Crippen MR) is 80.9 cm³/mol. The summed E-state index contributed by atoms with van der Waals surface area (Å²) in [6, 6.07) is 0. The second kappa shape index (κ2) is 12.2. The Morgan fingerprint density at radius 3 is 1.47 bits per heavy atom. The van der Waals surface area contributed by atoms with Crippen molar-refractivity contribution in [1.29, 1.82) is 0 Å². The van der Waals surface area contributed by atoms with Crippen molar-refractivity contribution in [3.05, 3.63) is 23.0 Å². The molecule has 3 heteroatoms. The number of thioether (sulfide) groups is 1. The van der Waals surface area contributed by atoms with E-state index in [9.17, 15) is 0 Å². The summed E-state index contributed by atoms with van der Waals surface area (Å²) in [4.78, 5) is 2.48. The first-order chi connectivity index (χ1) is 8.20. The molecule has 0 aliphatic rings.